The van der Waals surface area contributed by atoms with E-state index >= 15 is 0 Å². The molecule has 0 aliphatic carbocycles. The molecule has 0 aliphatic heterocycles. The van der Waals surface area contributed by atoms with Crippen LogP contribution in [0.1, 0.15) is 76.3 Å². The molecule has 212 valence electrons. The summed E-state index contributed by atoms with van der Waals surface area (Å²) in [6.45, 7) is 16.1. The molecule has 0 bridgehead atoms. The van der Waals surface area contributed by atoms with E-state index in [9.17, 15) is 19.2 Å². The SMILES string of the molecule is Cc1ccc(C(C(=O)Nc2ccccc2C)N(C(=O)C(CC(N)=O)NC(=O)OC(C)(C)C)C(C)(C)C)c(C)c1. The zero-order valence-corrected chi connectivity index (χ0v) is 24.5. The first-order valence-electron chi connectivity index (χ1n) is 13.0. The number of anilines is 1. The van der Waals surface area contributed by atoms with Crippen LogP contribution in [0.25, 0.3) is 0 Å². The number of nitrogens with two attached hydrogens (primary N) is 1. The van der Waals surface area contributed by atoms with Gasteiger partial charge < -0.3 is 26.0 Å². The van der Waals surface area contributed by atoms with E-state index in [0.29, 0.717) is 11.3 Å². The topological polar surface area (TPSA) is 131 Å². The summed E-state index contributed by atoms with van der Waals surface area (Å²) in [5.74, 6) is -1.86. The van der Waals surface area contributed by atoms with Gasteiger partial charge in [-0.05, 0) is 85.1 Å². The zero-order valence-electron chi connectivity index (χ0n) is 24.5. The van der Waals surface area contributed by atoms with Crippen molar-refractivity contribution in [3.8, 4) is 0 Å². The Morgan fingerprint density at radius 2 is 1.54 bits per heavy atom. The Balaban J connectivity index is 2.66. The van der Waals surface area contributed by atoms with Crippen molar-refractivity contribution in [2.45, 2.75) is 92.0 Å². The summed E-state index contributed by atoms with van der Waals surface area (Å²) < 4.78 is 5.33. The molecule has 2 atom stereocenters. The molecule has 0 spiro atoms. The maximum Gasteiger partial charge on any atom is 0.408 e. The predicted octanol–water partition coefficient (Wildman–Crippen LogP) is 4.69. The Hall–Kier alpha value is -3.88. The number of nitrogens with one attached hydrogen (secondary N) is 2. The summed E-state index contributed by atoms with van der Waals surface area (Å²) in [5, 5.41) is 5.47. The number of primary amides is 1. The number of hydrogen-bond donors (Lipinski definition) is 3. The molecule has 0 saturated heterocycles. The Bertz CT molecular complexity index is 1230. The lowest BCUT2D eigenvalue weighted by Crippen LogP contribution is -2.58. The van der Waals surface area contributed by atoms with Crippen LogP contribution in [0.15, 0.2) is 42.5 Å². The third-order valence-corrected chi connectivity index (χ3v) is 5.98. The molecule has 4 N–H and O–H groups in total. The largest absolute Gasteiger partial charge is 0.444 e. The average molecular weight is 539 g/mol. The van der Waals surface area contributed by atoms with Crippen LogP contribution in [0.4, 0.5) is 10.5 Å². The first-order valence-corrected chi connectivity index (χ1v) is 13.0. The Morgan fingerprint density at radius 3 is 2.05 bits per heavy atom. The molecule has 9 nitrogen and oxygen atoms in total. The molecule has 0 aliphatic rings. The highest BCUT2D eigenvalue weighted by Gasteiger charge is 2.43. The van der Waals surface area contributed by atoms with Gasteiger partial charge in [0.2, 0.25) is 11.8 Å². The van der Waals surface area contributed by atoms with Crippen molar-refractivity contribution in [2.75, 3.05) is 5.32 Å². The summed E-state index contributed by atoms with van der Waals surface area (Å²) >= 11 is 0. The molecule has 0 radical (unpaired) electrons. The van der Waals surface area contributed by atoms with Crippen LogP contribution >= 0.6 is 0 Å². The van der Waals surface area contributed by atoms with Crippen LogP contribution in [-0.4, -0.2) is 45.9 Å². The molecule has 2 rings (SSSR count). The summed E-state index contributed by atoms with van der Waals surface area (Å²) in [4.78, 5) is 54.3. The van der Waals surface area contributed by atoms with E-state index in [4.69, 9.17) is 10.5 Å². The molecule has 2 aromatic carbocycles. The van der Waals surface area contributed by atoms with E-state index in [0.717, 1.165) is 16.7 Å². The fraction of sp³-hybridized carbons (Fsp3) is 0.467. The van der Waals surface area contributed by atoms with Crippen LogP contribution < -0.4 is 16.4 Å². The molecule has 0 saturated carbocycles. The molecule has 39 heavy (non-hydrogen) atoms. The standard InChI is InChI=1S/C30H42N4O5/c1-18-14-15-21(20(3)16-18)25(26(36)32-22-13-11-10-12-19(22)2)34(29(4,5)6)27(37)23(17-24(31)35)33-28(38)39-30(7,8)9/h10-16,23,25H,17H2,1-9H3,(H2,31,35)(H,32,36)(H,33,38). The maximum absolute atomic E-state index is 14.2. The summed E-state index contributed by atoms with van der Waals surface area (Å²) in [6.07, 6.45) is -1.34. The van der Waals surface area contributed by atoms with E-state index in [-0.39, 0.29) is 0 Å². The van der Waals surface area contributed by atoms with E-state index in [1.807, 2.05) is 57.2 Å². The number of para-hydroxylation sites is 1. The Labute approximate surface area is 231 Å². The number of benzene rings is 2. The van der Waals surface area contributed by atoms with Crippen LogP contribution in [0.5, 0.6) is 0 Å². The van der Waals surface area contributed by atoms with Crippen molar-refractivity contribution < 1.29 is 23.9 Å². The highest BCUT2D eigenvalue weighted by molar-refractivity contribution is 6.00. The van der Waals surface area contributed by atoms with Crippen molar-refractivity contribution in [1.29, 1.82) is 0 Å². The number of amides is 4. The quantitative estimate of drug-likeness (QED) is 0.449. The Kier molecular flexibility index (Phi) is 9.90. The van der Waals surface area contributed by atoms with Crippen LogP contribution in [0.3, 0.4) is 0 Å². The molecular weight excluding hydrogens is 496 g/mol. The van der Waals surface area contributed by atoms with E-state index in [1.54, 1.807) is 47.6 Å². The van der Waals surface area contributed by atoms with E-state index in [2.05, 4.69) is 10.6 Å². The first kappa shape index (κ1) is 31.3. The van der Waals surface area contributed by atoms with E-state index in [1.165, 1.54) is 4.90 Å². The summed E-state index contributed by atoms with van der Waals surface area (Å²) in [6, 6.07) is 10.5. The third-order valence-electron chi connectivity index (χ3n) is 5.98. The van der Waals surface area contributed by atoms with Gasteiger partial charge in [0.25, 0.3) is 5.91 Å². The van der Waals surface area contributed by atoms with Crippen molar-refractivity contribution >= 4 is 29.5 Å². The smallest absolute Gasteiger partial charge is 0.408 e. The van der Waals surface area contributed by atoms with Gasteiger partial charge in [0.15, 0.2) is 0 Å². The summed E-state index contributed by atoms with van der Waals surface area (Å²) in [5.41, 5.74) is 7.63. The average Bonchev–Trinajstić information content (AvgIpc) is 2.76. The lowest BCUT2D eigenvalue weighted by Gasteiger charge is -2.43. The van der Waals surface area contributed by atoms with Crippen molar-refractivity contribution in [1.82, 2.24) is 10.2 Å². The zero-order chi connectivity index (χ0) is 29.7. The van der Waals surface area contributed by atoms with Crippen molar-refractivity contribution in [2.24, 2.45) is 5.73 Å². The molecule has 0 heterocycles. The number of nitrogens with zero attached hydrogens (tertiary/aromatic N) is 1. The van der Waals surface area contributed by atoms with Gasteiger partial charge >= 0.3 is 6.09 Å². The third kappa shape index (κ3) is 8.84. The first-order chi connectivity index (χ1) is 17.9. The molecular formula is C30H42N4O5. The normalized spacial score (nSPS) is 13.2. The minimum Gasteiger partial charge on any atom is -0.444 e. The van der Waals surface area contributed by atoms with Gasteiger partial charge in [-0.15, -0.1) is 0 Å². The predicted molar refractivity (Wildman–Crippen MR) is 152 cm³/mol. The fourth-order valence-corrected chi connectivity index (χ4v) is 4.31. The molecule has 9 heteroatoms. The lowest BCUT2D eigenvalue weighted by atomic mass is 9.91. The number of hydrogen-bond acceptors (Lipinski definition) is 5. The molecule has 4 amide bonds. The number of rotatable bonds is 8. The molecule has 0 fully saturated rings. The van der Waals surface area contributed by atoms with Crippen LogP contribution in [0, 0.1) is 20.8 Å². The van der Waals surface area contributed by atoms with Gasteiger partial charge in [0, 0.05) is 11.2 Å². The monoisotopic (exact) mass is 538 g/mol. The number of alkyl carbamates (subject to hydrolysis) is 1. The minimum atomic E-state index is -1.35. The van der Waals surface area contributed by atoms with Crippen molar-refractivity contribution in [3.63, 3.8) is 0 Å². The van der Waals surface area contributed by atoms with Gasteiger partial charge in [-0.2, -0.15) is 0 Å². The number of ether oxygens (including phenoxy) is 1. The minimum absolute atomic E-state index is 0.436. The molecule has 0 aromatic heterocycles. The second-order valence-corrected chi connectivity index (χ2v) is 11.8. The number of carbonyl (C=O) groups excluding carboxylic acids is 4. The van der Waals surface area contributed by atoms with Gasteiger partial charge in [0.1, 0.15) is 17.7 Å². The second kappa shape index (κ2) is 12.3. The summed E-state index contributed by atoms with van der Waals surface area (Å²) in [7, 11) is 0. The second-order valence-electron chi connectivity index (χ2n) is 11.8. The van der Waals surface area contributed by atoms with Gasteiger partial charge in [-0.25, -0.2) is 4.79 Å². The van der Waals surface area contributed by atoms with Crippen LogP contribution in [0.2, 0.25) is 0 Å². The van der Waals surface area contributed by atoms with E-state index < -0.39 is 53.5 Å². The van der Waals surface area contributed by atoms with Crippen LogP contribution in [-0.2, 0) is 19.1 Å². The van der Waals surface area contributed by atoms with Gasteiger partial charge in [0.05, 0.1) is 6.42 Å². The van der Waals surface area contributed by atoms with Gasteiger partial charge in [-0.1, -0.05) is 42.0 Å². The fourth-order valence-electron chi connectivity index (χ4n) is 4.31. The molecule has 2 unspecified atom stereocenters. The highest BCUT2D eigenvalue weighted by Crippen LogP contribution is 2.33. The van der Waals surface area contributed by atoms with Gasteiger partial charge in [-0.3, -0.25) is 14.4 Å². The molecule has 2 aromatic rings. The highest BCUT2D eigenvalue weighted by atomic mass is 16.6. The number of aryl methyl sites for hydroxylation is 3. The Morgan fingerprint density at radius 1 is 0.923 bits per heavy atom. The number of carbonyl (C=O) groups is 4. The van der Waals surface area contributed by atoms with Crippen molar-refractivity contribution in [3.05, 3.63) is 64.7 Å². The lowest BCUT2D eigenvalue weighted by molar-refractivity contribution is -0.147. The maximum atomic E-state index is 14.2.